The molecule has 2 rings (SSSR count). The van der Waals surface area contributed by atoms with E-state index in [1.54, 1.807) is 19.3 Å². The summed E-state index contributed by atoms with van der Waals surface area (Å²) in [5.74, 6) is 0.748. The van der Waals surface area contributed by atoms with Crippen LogP contribution in [0.25, 0.3) is 6.08 Å². The Morgan fingerprint density at radius 1 is 1.09 bits per heavy atom. The zero-order valence-electron chi connectivity index (χ0n) is 13.0. The predicted octanol–water partition coefficient (Wildman–Crippen LogP) is 3.28. The number of aromatic hydroxyl groups is 1. The van der Waals surface area contributed by atoms with Crippen LogP contribution in [0.3, 0.4) is 0 Å². The summed E-state index contributed by atoms with van der Waals surface area (Å²) in [6, 6.07) is 11.8. The van der Waals surface area contributed by atoms with E-state index in [0.29, 0.717) is 5.75 Å². The Bertz CT molecular complexity index is 689. The molecule has 2 aromatic carbocycles. The Balaban J connectivity index is 2.08. The molecule has 0 atom stereocenters. The summed E-state index contributed by atoms with van der Waals surface area (Å²) >= 11 is 0. The van der Waals surface area contributed by atoms with Crippen molar-refractivity contribution in [3.05, 3.63) is 59.7 Å². The number of phenolic OH excluding ortho intramolecular Hbond substituents is 1. The van der Waals surface area contributed by atoms with E-state index in [1.807, 2.05) is 24.3 Å². The first-order chi connectivity index (χ1) is 11.1. The molecule has 5 nitrogen and oxygen atoms in total. The van der Waals surface area contributed by atoms with Gasteiger partial charge in [-0.05, 0) is 35.9 Å². The fourth-order valence-corrected chi connectivity index (χ4v) is 1.91. The quantitative estimate of drug-likeness (QED) is 0.483. The number of ketones is 1. The summed E-state index contributed by atoms with van der Waals surface area (Å²) in [5, 5.41) is 9.93. The van der Waals surface area contributed by atoms with Crippen LogP contribution in [0.5, 0.6) is 17.2 Å². The lowest BCUT2D eigenvalue weighted by atomic mass is 10.1. The van der Waals surface area contributed by atoms with Crippen molar-refractivity contribution in [2.24, 2.45) is 0 Å². The molecule has 0 heterocycles. The molecule has 0 saturated heterocycles. The highest BCUT2D eigenvalue weighted by Gasteiger charge is 2.09. The van der Waals surface area contributed by atoms with E-state index in [1.165, 1.54) is 25.3 Å². The average molecular weight is 314 g/mol. The number of carbonyl (C=O) groups excluding carboxylic acids is 1. The van der Waals surface area contributed by atoms with Crippen LogP contribution in [0.15, 0.2) is 48.5 Å². The molecule has 23 heavy (non-hydrogen) atoms. The zero-order valence-corrected chi connectivity index (χ0v) is 13.0. The number of methoxy groups -OCH3 is 2. The molecule has 120 valence electrons. The van der Waals surface area contributed by atoms with Gasteiger partial charge in [0.15, 0.2) is 12.6 Å². The number of allylic oxidation sites excluding steroid dienone is 1. The SMILES string of the molecule is COCOc1ccc(C(=O)/C=C/c2ccc(OC)cc2)c(O)c1. The number of phenols is 1. The van der Waals surface area contributed by atoms with Crippen LogP contribution in [0.4, 0.5) is 0 Å². The van der Waals surface area contributed by atoms with Gasteiger partial charge in [0, 0.05) is 13.2 Å². The van der Waals surface area contributed by atoms with Crippen molar-refractivity contribution in [2.45, 2.75) is 0 Å². The second kappa shape index (κ2) is 8.00. The normalized spacial score (nSPS) is 10.7. The third-order valence-corrected chi connectivity index (χ3v) is 3.12. The van der Waals surface area contributed by atoms with E-state index < -0.39 is 0 Å². The first-order valence-corrected chi connectivity index (χ1v) is 6.95. The minimum Gasteiger partial charge on any atom is -0.507 e. The molecular formula is C18H18O5. The number of carbonyl (C=O) groups is 1. The van der Waals surface area contributed by atoms with Crippen LogP contribution in [0.1, 0.15) is 15.9 Å². The van der Waals surface area contributed by atoms with Gasteiger partial charge in [0.25, 0.3) is 0 Å². The van der Waals surface area contributed by atoms with Crippen molar-refractivity contribution in [2.75, 3.05) is 21.0 Å². The van der Waals surface area contributed by atoms with Crippen molar-refractivity contribution in [1.82, 2.24) is 0 Å². The minimum absolute atomic E-state index is 0.0735. The first-order valence-electron chi connectivity index (χ1n) is 6.95. The van der Waals surface area contributed by atoms with Crippen molar-refractivity contribution >= 4 is 11.9 Å². The Hall–Kier alpha value is -2.79. The lowest BCUT2D eigenvalue weighted by Crippen LogP contribution is -2.00. The molecule has 1 N–H and O–H groups in total. The van der Waals surface area contributed by atoms with Gasteiger partial charge < -0.3 is 19.3 Å². The molecule has 2 aromatic rings. The van der Waals surface area contributed by atoms with E-state index in [4.69, 9.17) is 14.2 Å². The van der Waals surface area contributed by atoms with Gasteiger partial charge in [-0.15, -0.1) is 0 Å². The van der Waals surface area contributed by atoms with Gasteiger partial charge in [0.05, 0.1) is 12.7 Å². The second-order valence-corrected chi connectivity index (χ2v) is 4.70. The Labute approximate surface area is 134 Å². The van der Waals surface area contributed by atoms with Crippen LogP contribution in [-0.4, -0.2) is 31.9 Å². The van der Waals surface area contributed by atoms with E-state index >= 15 is 0 Å². The third kappa shape index (κ3) is 4.59. The fourth-order valence-electron chi connectivity index (χ4n) is 1.91. The Morgan fingerprint density at radius 2 is 1.78 bits per heavy atom. The molecule has 0 aromatic heterocycles. The third-order valence-electron chi connectivity index (χ3n) is 3.12. The van der Waals surface area contributed by atoms with Gasteiger partial charge in [-0.25, -0.2) is 0 Å². The average Bonchev–Trinajstić information content (AvgIpc) is 2.58. The number of rotatable bonds is 7. The van der Waals surface area contributed by atoms with Gasteiger partial charge in [-0.1, -0.05) is 18.2 Å². The summed E-state index contributed by atoms with van der Waals surface area (Å²) in [6.07, 6.45) is 3.09. The van der Waals surface area contributed by atoms with Gasteiger partial charge in [0.2, 0.25) is 0 Å². The molecule has 0 unspecified atom stereocenters. The van der Waals surface area contributed by atoms with E-state index in [0.717, 1.165) is 11.3 Å². The van der Waals surface area contributed by atoms with Crippen molar-refractivity contribution in [3.8, 4) is 17.2 Å². The molecule has 0 aliphatic rings. The molecule has 0 aliphatic carbocycles. The highest BCUT2D eigenvalue weighted by atomic mass is 16.7. The van der Waals surface area contributed by atoms with Crippen molar-refractivity contribution in [1.29, 1.82) is 0 Å². The summed E-state index contributed by atoms with van der Waals surface area (Å²) in [6.45, 7) is 0.0735. The Morgan fingerprint density at radius 3 is 2.39 bits per heavy atom. The monoisotopic (exact) mass is 314 g/mol. The topological polar surface area (TPSA) is 65.0 Å². The lowest BCUT2D eigenvalue weighted by Gasteiger charge is -2.06. The maximum atomic E-state index is 12.2. The maximum absolute atomic E-state index is 12.2. The highest BCUT2D eigenvalue weighted by Crippen LogP contribution is 2.24. The molecule has 0 fully saturated rings. The first kappa shape index (κ1) is 16.6. The van der Waals surface area contributed by atoms with Crippen LogP contribution in [0.2, 0.25) is 0 Å². The summed E-state index contributed by atoms with van der Waals surface area (Å²) < 4.78 is 15.0. The van der Waals surface area contributed by atoms with E-state index in [-0.39, 0.29) is 23.9 Å². The molecular weight excluding hydrogens is 296 g/mol. The summed E-state index contributed by atoms with van der Waals surface area (Å²) in [5.41, 5.74) is 1.07. The van der Waals surface area contributed by atoms with Crippen LogP contribution >= 0.6 is 0 Å². The number of hydrogen-bond acceptors (Lipinski definition) is 5. The van der Waals surface area contributed by atoms with Gasteiger partial charge in [-0.2, -0.15) is 0 Å². The second-order valence-electron chi connectivity index (χ2n) is 4.70. The molecule has 0 aliphatic heterocycles. The fraction of sp³-hybridized carbons (Fsp3) is 0.167. The molecule has 0 spiro atoms. The number of benzene rings is 2. The van der Waals surface area contributed by atoms with Gasteiger partial charge in [-0.3, -0.25) is 4.79 Å². The largest absolute Gasteiger partial charge is 0.507 e. The van der Waals surface area contributed by atoms with Gasteiger partial charge >= 0.3 is 0 Å². The summed E-state index contributed by atoms with van der Waals surface area (Å²) in [4.78, 5) is 12.2. The predicted molar refractivity (Wildman–Crippen MR) is 87.0 cm³/mol. The minimum atomic E-state index is -0.295. The van der Waals surface area contributed by atoms with Crippen LogP contribution in [-0.2, 0) is 4.74 Å². The van der Waals surface area contributed by atoms with Crippen molar-refractivity contribution < 1.29 is 24.1 Å². The van der Waals surface area contributed by atoms with Crippen LogP contribution in [0, 0.1) is 0 Å². The number of hydrogen-bond donors (Lipinski definition) is 1. The zero-order chi connectivity index (χ0) is 16.7. The molecule has 0 bridgehead atoms. The Kier molecular flexibility index (Phi) is 5.77. The van der Waals surface area contributed by atoms with Crippen LogP contribution < -0.4 is 9.47 Å². The van der Waals surface area contributed by atoms with Gasteiger partial charge in [0.1, 0.15) is 17.2 Å². The standard InChI is InChI=1S/C18H18O5/c1-21-12-23-15-8-9-16(18(20)11-15)17(19)10-5-13-3-6-14(22-2)7-4-13/h3-11,20H,12H2,1-2H3/b10-5+. The highest BCUT2D eigenvalue weighted by molar-refractivity contribution is 6.08. The lowest BCUT2D eigenvalue weighted by molar-refractivity contribution is 0.0510. The van der Waals surface area contributed by atoms with E-state index in [2.05, 4.69) is 0 Å². The summed E-state index contributed by atoms with van der Waals surface area (Å²) in [7, 11) is 3.10. The molecule has 0 saturated carbocycles. The molecule has 0 amide bonds. The molecule has 5 heteroatoms. The van der Waals surface area contributed by atoms with Crippen molar-refractivity contribution in [3.63, 3.8) is 0 Å². The van der Waals surface area contributed by atoms with E-state index in [9.17, 15) is 9.90 Å². The maximum Gasteiger partial charge on any atom is 0.189 e. The molecule has 0 radical (unpaired) electrons. The number of ether oxygens (including phenoxy) is 3. The smallest absolute Gasteiger partial charge is 0.189 e.